The van der Waals surface area contributed by atoms with Gasteiger partial charge >= 0.3 is 5.91 Å². The zero-order valence-electron chi connectivity index (χ0n) is 17.1. The first-order valence-electron chi connectivity index (χ1n) is 9.80. The summed E-state index contributed by atoms with van der Waals surface area (Å²) in [6, 6.07) is 20.3. The van der Waals surface area contributed by atoms with E-state index in [0.29, 0.717) is 22.7 Å². The maximum absolute atomic E-state index is 12.2. The molecule has 0 aliphatic heterocycles. The van der Waals surface area contributed by atoms with Crippen LogP contribution in [0.2, 0.25) is 5.02 Å². The van der Waals surface area contributed by atoms with Gasteiger partial charge in [-0.25, -0.2) is 0 Å². The number of carbonyl (C=O) groups is 1. The number of nitrogens with zero attached hydrogens (tertiary/aromatic N) is 3. The van der Waals surface area contributed by atoms with E-state index in [4.69, 9.17) is 16.3 Å². The maximum Gasteiger partial charge on any atom is 0.302 e. The molecule has 8 heteroatoms. The van der Waals surface area contributed by atoms with Gasteiger partial charge in [0.2, 0.25) is 5.88 Å². The van der Waals surface area contributed by atoms with Crippen molar-refractivity contribution in [1.82, 2.24) is 4.57 Å². The summed E-state index contributed by atoms with van der Waals surface area (Å²) in [5.41, 5.74) is 2.97. The third-order valence-electron chi connectivity index (χ3n) is 4.84. The number of fused-ring (bicyclic) bond motifs is 1. The van der Waals surface area contributed by atoms with Crippen LogP contribution >= 0.6 is 27.5 Å². The number of ether oxygens (including phenoxy) is 1. The first kappa shape index (κ1) is 22.0. The van der Waals surface area contributed by atoms with E-state index in [9.17, 15) is 9.90 Å². The lowest BCUT2D eigenvalue weighted by atomic mass is 10.2. The van der Waals surface area contributed by atoms with Crippen LogP contribution in [0.1, 0.15) is 11.1 Å². The molecule has 0 unspecified atom stereocenters. The van der Waals surface area contributed by atoms with E-state index in [2.05, 4.69) is 26.2 Å². The molecule has 4 rings (SSSR count). The number of aromatic hydroxyl groups is 1. The number of aryl methyl sites for hydroxylation is 1. The highest BCUT2D eigenvalue weighted by molar-refractivity contribution is 9.10. The monoisotopic (exact) mass is 511 g/mol. The van der Waals surface area contributed by atoms with Gasteiger partial charge in [0.15, 0.2) is 12.3 Å². The Morgan fingerprint density at radius 2 is 1.91 bits per heavy atom. The van der Waals surface area contributed by atoms with E-state index >= 15 is 0 Å². The lowest BCUT2D eigenvalue weighted by Crippen LogP contribution is -2.07. The number of hydrogen-bond acceptors (Lipinski definition) is 4. The molecule has 0 bridgehead atoms. The van der Waals surface area contributed by atoms with E-state index in [1.54, 1.807) is 22.8 Å². The highest BCUT2D eigenvalue weighted by Gasteiger charge is 2.18. The van der Waals surface area contributed by atoms with Crippen LogP contribution < -0.4 is 4.74 Å². The molecule has 0 atom stereocenters. The molecule has 0 fully saturated rings. The zero-order chi connectivity index (χ0) is 22.7. The van der Waals surface area contributed by atoms with Gasteiger partial charge in [-0.1, -0.05) is 51.8 Å². The Balaban J connectivity index is 1.60. The molecule has 32 heavy (non-hydrogen) atoms. The molecule has 3 aromatic carbocycles. The Morgan fingerprint density at radius 1 is 1.12 bits per heavy atom. The number of carbonyl (C=O) groups excluding carboxylic acids is 1. The number of benzene rings is 3. The molecule has 0 spiro atoms. The average Bonchev–Trinajstić information content (AvgIpc) is 3.02. The van der Waals surface area contributed by atoms with Crippen molar-refractivity contribution < 1.29 is 14.6 Å². The Bertz CT molecular complexity index is 1320. The molecular formula is C24H19BrClN3O3. The molecular weight excluding hydrogens is 494 g/mol. The summed E-state index contributed by atoms with van der Waals surface area (Å²) in [5.74, 6) is -0.0522. The Morgan fingerprint density at radius 3 is 2.66 bits per heavy atom. The molecule has 1 aromatic heterocycles. The number of rotatable bonds is 6. The van der Waals surface area contributed by atoms with Crippen LogP contribution in [0, 0.1) is 6.92 Å². The molecule has 0 saturated heterocycles. The van der Waals surface area contributed by atoms with Gasteiger partial charge in [-0.3, -0.25) is 4.79 Å². The summed E-state index contributed by atoms with van der Waals surface area (Å²) in [6.45, 7) is 2.09. The van der Waals surface area contributed by atoms with Crippen molar-refractivity contribution in [1.29, 1.82) is 0 Å². The number of amides is 1. The average molecular weight is 513 g/mol. The second-order valence-corrected chi connectivity index (χ2v) is 8.60. The minimum absolute atomic E-state index is 0.0794. The van der Waals surface area contributed by atoms with Gasteiger partial charge in [-0.15, -0.1) is 10.2 Å². The molecule has 0 radical (unpaired) electrons. The highest BCUT2D eigenvalue weighted by atomic mass is 79.9. The van der Waals surface area contributed by atoms with Crippen molar-refractivity contribution in [3.63, 3.8) is 0 Å². The first-order valence-corrected chi connectivity index (χ1v) is 11.0. The van der Waals surface area contributed by atoms with Gasteiger partial charge in [0.1, 0.15) is 5.75 Å². The van der Waals surface area contributed by atoms with E-state index in [1.165, 1.54) is 0 Å². The van der Waals surface area contributed by atoms with Crippen molar-refractivity contribution in [3.05, 3.63) is 87.4 Å². The molecule has 0 saturated carbocycles. The number of aromatic nitrogens is 1. The van der Waals surface area contributed by atoms with Crippen LogP contribution in [-0.4, -0.2) is 22.2 Å². The van der Waals surface area contributed by atoms with Gasteiger partial charge in [0, 0.05) is 14.9 Å². The smallest absolute Gasteiger partial charge is 0.302 e. The second kappa shape index (κ2) is 9.54. The topological polar surface area (TPSA) is 76.2 Å². The summed E-state index contributed by atoms with van der Waals surface area (Å²) in [6.07, 6.45) is 0. The standard InChI is InChI=1S/C24H19BrClN3O3/c1-15-3-2-4-19(11-15)32-14-22(30)27-28-23-20-12-17(25)7-10-21(20)29(24(23)31)13-16-5-8-18(26)9-6-16/h2-12,31H,13-14H2,1H3. The van der Waals surface area contributed by atoms with Crippen molar-refractivity contribution in [2.75, 3.05) is 6.61 Å². The lowest BCUT2D eigenvalue weighted by molar-refractivity contribution is -0.120. The van der Waals surface area contributed by atoms with Crippen LogP contribution in [-0.2, 0) is 11.3 Å². The fourth-order valence-corrected chi connectivity index (χ4v) is 3.80. The molecule has 4 aromatic rings. The van der Waals surface area contributed by atoms with Crippen LogP contribution in [0.4, 0.5) is 5.69 Å². The molecule has 1 amide bonds. The van der Waals surface area contributed by atoms with E-state index < -0.39 is 5.91 Å². The van der Waals surface area contributed by atoms with Crippen molar-refractivity contribution in [2.24, 2.45) is 10.2 Å². The third-order valence-corrected chi connectivity index (χ3v) is 5.58. The molecule has 0 aliphatic carbocycles. The largest absolute Gasteiger partial charge is 0.493 e. The van der Waals surface area contributed by atoms with Crippen molar-refractivity contribution in [2.45, 2.75) is 13.5 Å². The van der Waals surface area contributed by atoms with Gasteiger partial charge in [0.05, 0.1) is 12.1 Å². The summed E-state index contributed by atoms with van der Waals surface area (Å²) in [4.78, 5) is 12.2. The van der Waals surface area contributed by atoms with E-state index in [-0.39, 0.29) is 18.2 Å². The minimum Gasteiger partial charge on any atom is -0.493 e. The Kier molecular flexibility index (Phi) is 6.58. The predicted octanol–water partition coefficient (Wildman–Crippen LogP) is 6.81. The maximum atomic E-state index is 12.2. The number of hydrogen-bond donors (Lipinski definition) is 1. The normalized spacial score (nSPS) is 11.3. The van der Waals surface area contributed by atoms with Gasteiger partial charge in [-0.2, -0.15) is 0 Å². The molecule has 162 valence electrons. The van der Waals surface area contributed by atoms with Gasteiger partial charge in [-0.05, 0) is 60.5 Å². The first-order chi connectivity index (χ1) is 15.4. The molecule has 1 N–H and O–H groups in total. The fraction of sp³-hybridized carbons (Fsp3) is 0.125. The van der Waals surface area contributed by atoms with E-state index in [1.807, 2.05) is 55.5 Å². The second-order valence-electron chi connectivity index (χ2n) is 7.25. The van der Waals surface area contributed by atoms with Gasteiger partial charge < -0.3 is 14.4 Å². The van der Waals surface area contributed by atoms with Gasteiger partial charge in [0.25, 0.3) is 0 Å². The third kappa shape index (κ3) is 5.00. The molecule has 1 heterocycles. The fourth-order valence-electron chi connectivity index (χ4n) is 3.31. The summed E-state index contributed by atoms with van der Waals surface area (Å²) in [5, 5.41) is 20.0. The van der Waals surface area contributed by atoms with Crippen LogP contribution in [0.15, 0.2) is 81.4 Å². The highest BCUT2D eigenvalue weighted by Crippen LogP contribution is 2.40. The minimum atomic E-state index is -0.556. The predicted molar refractivity (Wildman–Crippen MR) is 128 cm³/mol. The summed E-state index contributed by atoms with van der Waals surface area (Å²) < 4.78 is 8.01. The SMILES string of the molecule is Cc1cccc(OCC(=O)N=Nc2c(O)n(Cc3ccc(Cl)cc3)c3ccc(Br)cc23)c1. The number of azo groups is 1. The molecule has 0 aliphatic rings. The van der Waals surface area contributed by atoms with Crippen molar-refractivity contribution >= 4 is 50.0 Å². The summed E-state index contributed by atoms with van der Waals surface area (Å²) >= 11 is 9.42. The quantitative estimate of drug-likeness (QED) is 0.288. The zero-order valence-corrected chi connectivity index (χ0v) is 19.5. The Labute approximate surface area is 198 Å². The van der Waals surface area contributed by atoms with Crippen molar-refractivity contribution in [3.8, 4) is 11.6 Å². The Hall–Kier alpha value is -3.16. The molecule has 6 nitrogen and oxygen atoms in total. The number of halogens is 2. The summed E-state index contributed by atoms with van der Waals surface area (Å²) in [7, 11) is 0. The van der Waals surface area contributed by atoms with Crippen LogP contribution in [0.25, 0.3) is 10.9 Å². The lowest BCUT2D eigenvalue weighted by Gasteiger charge is -2.07. The van der Waals surface area contributed by atoms with E-state index in [0.717, 1.165) is 21.1 Å². The van der Waals surface area contributed by atoms with Crippen LogP contribution in [0.5, 0.6) is 11.6 Å². The van der Waals surface area contributed by atoms with Crippen LogP contribution in [0.3, 0.4) is 0 Å².